The summed E-state index contributed by atoms with van der Waals surface area (Å²) in [5, 5.41) is 0. The second kappa shape index (κ2) is 6.62. The van der Waals surface area contributed by atoms with E-state index in [2.05, 4.69) is 4.98 Å². The number of piperazine rings is 1. The zero-order valence-corrected chi connectivity index (χ0v) is 13.5. The van der Waals surface area contributed by atoms with Crippen LogP contribution in [0.5, 0.6) is 0 Å². The van der Waals surface area contributed by atoms with Crippen molar-refractivity contribution in [3.63, 3.8) is 0 Å². The maximum Gasteiger partial charge on any atom is 0.214 e. The summed E-state index contributed by atoms with van der Waals surface area (Å²) in [6.07, 6.45) is 2.41. The van der Waals surface area contributed by atoms with Crippen LogP contribution in [0.3, 0.4) is 0 Å². The van der Waals surface area contributed by atoms with E-state index >= 15 is 0 Å². The highest BCUT2D eigenvalue weighted by Crippen LogP contribution is 2.21. The molecule has 1 aliphatic heterocycles. The summed E-state index contributed by atoms with van der Waals surface area (Å²) < 4.78 is 26.1. The van der Waals surface area contributed by atoms with Crippen LogP contribution in [0.2, 0.25) is 0 Å². The molecule has 0 radical (unpaired) electrons. The minimum atomic E-state index is -3.14. The number of aromatic nitrogens is 1. The Morgan fingerprint density at radius 1 is 1.29 bits per heavy atom. The normalized spacial score (nSPS) is 17.4. The van der Waals surface area contributed by atoms with E-state index in [9.17, 15) is 8.42 Å². The van der Waals surface area contributed by atoms with Gasteiger partial charge in [0.2, 0.25) is 10.0 Å². The molecule has 118 valence electrons. The Morgan fingerprint density at radius 2 is 1.95 bits per heavy atom. The molecule has 2 heterocycles. The van der Waals surface area contributed by atoms with Gasteiger partial charge < -0.3 is 10.6 Å². The Labute approximate surface area is 127 Å². The number of hydrogen-bond donors (Lipinski definition) is 1. The molecule has 0 unspecified atom stereocenters. The number of nitrogen functional groups attached to an aromatic ring is 1. The molecule has 7 heteroatoms. The summed E-state index contributed by atoms with van der Waals surface area (Å²) in [6, 6.07) is 3.61. The molecular weight excluding hydrogens is 288 g/mol. The first-order valence-corrected chi connectivity index (χ1v) is 8.94. The zero-order valence-electron chi connectivity index (χ0n) is 12.7. The Morgan fingerprint density at radius 3 is 2.52 bits per heavy atom. The second-order valence-corrected chi connectivity index (χ2v) is 7.89. The van der Waals surface area contributed by atoms with E-state index in [1.807, 2.05) is 24.8 Å². The van der Waals surface area contributed by atoms with Gasteiger partial charge in [-0.05, 0) is 24.5 Å². The van der Waals surface area contributed by atoms with E-state index in [1.54, 1.807) is 16.6 Å². The van der Waals surface area contributed by atoms with Crippen LogP contribution in [0, 0.1) is 5.92 Å². The average Bonchev–Trinajstić information content (AvgIpc) is 2.46. The third-order valence-corrected chi connectivity index (χ3v) is 5.61. The lowest BCUT2D eigenvalue weighted by Gasteiger charge is -2.35. The fourth-order valence-electron chi connectivity index (χ4n) is 2.37. The highest BCUT2D eigenvalue weighted by atomic mass is 32.2. The molecule has 6 nitrogen and oxygen atoms in total. The SMILES string of the molecule is CC(C)CCS(=O)(=O)N1CCN(c2ncccc2N)CC1. The number of anilines is 2. The van der Waals surface area contributed by atoms with Crippen molar-refractivity contribution in [3.05, 3.63) is 18.3 Å². The van der Waals surface area contributed by atoms with Crippen LogP contribution < -0.4 is 10.6 Å². The molecule has 0 saturated carbocycles. The van der Waals surface area contributed by atoms with Gasteiger partial charge in [-0.2, -0.15) is 4.31 Å². The molecule has 0 aromatic carbocycles. The number of sulfonamides is 1. The maximum atomic E-state index is 12.3. The topological polar surface area (TPSA) is 79.5 Å². The van der Waals surface area contributed by atoms with Gasteiger partial charge in [-0.1, -0.05) is 13.8 Å². The summed E-state index contributed by atoms with van der Waals surface area (Å²) in [5.74, 6) is 1.38. The lowest BCUT2D eigenvalue weighted by atomic mass is 10.2. The van der Waals surface area contributed by atoms with Gasteiger partial charge >= 0.3 is 0 Å². The van der Waals surface area contributed by atoms with Gasteiger partial charge in [0.05, 0.1) is 11.4 Å². The van der Waals surface area contributed by atoms with Crippen molar-refractivity contribution in [2.24, 2.45) is 5.92 Å². The summed E-state index contributed by atoms with van der Waals surface area (Å²) in [5.41, 5.74) is 6.55. The highest BCUT2D eigenvalue weighted by molar-refractivity contribution is 7.89. The van der Waals surface area contributed by atoms with Crippen molar-refractivity contribution in [2.45, 2.75) is 20.3 Å². The van der Waals surface area contributed by atoms with Crippen LogP contribution in [-0.4, -0.2) is 49.6 Å². The average molecular weight is 312 g/mol. The van der Waals surface area contributed by atoms with Gasteiger partial charge in [0.15, 0.2) is 5.82 Å². The molecule has 0 amide bonds. The summed E-state index contributed by atoms with van der Waals surface area (Å²) in [7, 11) is -3.14. The highest BCUT2D eigenvalue weighted by Gasteiger charge is 2.27. The first-order valence-electron chi connectivity index (χ1n) is 7.33. The van der Waals surface area contributed by atoms with Gasteiger partial charge in [0, 0.05) is 32.4 Å². The van der Waals surface area contributed by atoms with E-state index in [0.29, 0.717) is 44.2 Å². The smallest absolute Gasteiger partial charge is 0.214 e. The molecule has 2 N–H and O–H groups in total. The molecule has 1 aromatic heterocycles. The fourth-order valence-corrected chi connectivity index (χ4v) is 4.11. The molecule has 1 aliphatic rings. The van der Waals surface area contributed by atoms with Gasteiger partial charge in [0.1, 0.15) is 0 Å². The van der Waals surface area contributed by atoms with Crippen LogP contribution in [0.4, 0.5) is 11.5 Å². The monoisotopic (exact) mass is 312 g/mol. The standard InChI is InChI=1S/C14H24N4O2S/c1-12(2)5-11-21(19,20)18-9-7-17(8-10-18)14-13(15)4-3-6-16-14/h3-4,6,12H,5,7-11,15H2,1-2H3. The predicted octanol–water partition coefficient (Wildman–Crippen LogP) is 1.16. The number of hydrogen-bond acceptors (Lipinski definition) is 5. The summed E-state index contributed by atoms with van der Waals surface area (Å²) in [4.78, 5) is 6.33. The Balaban J connectivity index is 1.96. The molecule has 0 atom stereocenters. The minimum Gasteiger partial charge on any atom is -0.396 e. The van der Waals surface area contributed by atoms with E-state index in [0.717, 1.165) is 5.82 Å². The molecule has 21 heavy (non-hydrogen) atoms. The minimum absolute atomic E-state index is 0.233. The van der Waals surface area contributed by atoms with Crippen LogP contribution in [0.15, 0.2) is 18.3 Å². The molecule has 0 spiro atoms. The number of pyridine rings is 1. The van der Waals surface area contributed by atoms with Crippen LogP contribution in [0.1, 0.15) is 20.3 Å². The van der Waals surface area contributed by atoms with Gasteiger partial charge in [-0.15, -0.1) is 0 Å². The van der Waals surface area contributed by atoms with Crippen molar-refractivity contribution in [1.29, 1.82) is 0 Å². The van der Waals surface area contributed by atoms with E-state index < -0.39 is 10.0 Å². The zero-order chi connectivity index (χ0) is 15.5. The van der Waals surface area contributed by atoms with Crippen LogP contribution in [-0.2, 0) is 10.0 Å². The van der Waals surface area contributed by atoms with Crippen molar-refractivity contribution in [1.82, 2.24) is 9.29 Å². The molecule has 0 aliphatic carbocycles. The fraction of sp³-hybridized carbons (Fsp3) is 0.643. The Kier molecular flexibility index (Phi) is 5.05. The third kappa shape index (κ3) is 4.07. The predicted molar refractivity (Wildman–Crippen MR) is 85.7 cm³/mol. The number of rotatable bonds is 5. The van der Waals surface area contributed by atoms with Crippen molar-refractivity contribution >= 4 is 21.5 Å². The molecule has 1 saturated heterocycles. The molecule has 0 bridgehead atoms. The molecule has 2 rings (SSSR count). The van der Waals surface area contributed by atoms with Crippen molar-refractivity contribution < 1.29 is 8.42 Å². The Bertz CT molecular complexity index is 566. The largest absolute Gasteiger partial charge is 0.396 e. The number of nitrogens with two attached hydrogens (primary N) is 1. The first-order chi connectivity index (χ1) is 9.90. The lowest BCUT2D eigenvalue weighted by molar-refractivity contribution is 0.382. The molecular formula is C14H24N4O2S. The Hall–Kier alpha value is -1.34. The molecule has 1 fully saturated rings. The summed E-state index contributed by atoms with van der Waals surface area (Å²) >= 11 is 0. The summed E-state index contributed by atoms with van der Waals surface area (Å²) in [6.45, 7) is 6.33. The van der Waals surface area contributed by atoms with Gasteiger partial charge in [0.25, 0.3) is 0 Å². The third-order valence-electron chi connectivity index (χ3n) is 3.70. The van der Waals surface area contributed by atoms with E-state index in [4.69, 9.17) is 5.73 Å². The first kappa shape index (κ1) is 16.0. The quantitative estimate of drug-likeness (QED) is 0.882. The van der Waals surface area contributed by atoms with Crippen LogP contribution in [0.25, 0.3) is 0 Å². The lowest BCUT2D eigenvalue weighted by Crippen LogP contribution is -2.49. The maximum absolute atomic E-state index is 12.3. The van der Waals surface area contributed by atoms with Gasteiger partial charge in [-0.25, -0.2) is 13.4 Å². The number of nitrogens with zero attached hydrogens (tertiary/aromatic N) is 3. The van der Waals surface area contributed by atoms with Crippen molar-refractivity contribution in [2.75, 3.05) is 42.6 Å². The second-order valence-electron chi connectivity index (χ2n) is 5.80. The van der Waals surface area contributed by atoms with E-state index in [-0.39, 0.29) is 5.75 Å². The van der Waals surface area contributed by atoms with Gasteiger partial charge in [-0.3, -0.25) is 0 Å². The molecule has 1 aromatic rings. The van der Waals surface area contributed by atoms with E-state index in [1.165, 1.54) is 0 Å². The van der Waals surface area contributed by atoms with Crippen molar-refractivity contribution in [3.8, 4) is 0 Å². The van der Waals surface area contributed by atoms with Crippen LogP contribution >= 0.6 is 0 Å².